The van der Waals surface area contributed by atoms with E-state index in [0.717, 1.165) is 12.1 Å². The van der Waals surface area contributed by atoms with E-state index >= 15 is 0 Å². The van der Waals surface area contributed by atoms with Crippen molar-refractivity contribution in [2.24, 2.45) is 0 Å². The van der Waals surface area contributed by atoms with Crippen molar-refractivity contribution in [2.75, 3.05) is 4.72 Å². The number of aromatic nitrogens is 3. The van der Waals surface area contributed by atoms with Gasteiger partial charge in [0.15, 0.2) is 5.82 Å². The van der Waals surface area contributed by atoms with Gasteiger partial charge >= 0.3 is 0 Å². The van der Waals surface area contributed by atoms with Crippen molar-refractivity contribution in [2.45, 2.75) is 24.7 Å². The molecule has 0 bridgehead atoms. The summed E-state index contributed by atoms with van der Waals surface area (Å²) >= 11 is 0. The van der Waals surface area contributed by atoms with E-state index in [1.54, 1.807) is 18.2 Å². The number of rotatable bonds is 5. The molecule has 0 amide bonds. The highest BCUT2D eigenvalue weighted by molar-refractivity contribution is 7.92. The predicted octanol–water partition coefficient (Wildman–Crippen LogP) is 3.67. The molecular formula is C17H16F2N4O2S. The number of H-pyrrole nitrogens is 1. The van der Waals surface area contributed by atoms with Crippen LogP contribution in [0.1, 0.15) is 25.6 Å². The predicted molar refractivity (Wildman–Crippen MR) is 93.1 cm³/mol. The maximum absolute atomic E-state index is 13.4. The van der Waals surface area contributed by atoms with Gasteiger partial charge in [-0.15, -0.1) is 0 Å². The summed E-state index contributed by atoms with van der Waals surface area (Å²) in [5.41, 5.74) is 0.641. The van der Waals surface area contributed by atoms with Gasteiger partial charge in [0.1, 0.15) is 17.5 Å². The summed E-state index contributed by atoms with van der Waals surface area (Å²) < 4.78 is 54.1. The van der Waals surface area contributed by atoms with E-state index in [2.05, 4.69) is 19.9 Å². The molecule has 2 N–H and O–H groups in total. The number of nitrogens with zero attached hydrogens (tertiary/aromatic N) is 2. The van der Waals surface area contributed by atoms with Crippen LogP contribution in [0, 0.1) is 11.6 Å². The van der Waals surface area contributed by atoms with Gasteiger partial charge in [-0.3, -0.25) is 9.82 Å². The normalized spacial score (nSPS) is 11.7. The zero-order valence-electron chi connectivity index (χ0n) is 14.0. The third-order valence-electron chi connectivity index (χ3n) is 3.61. The van der Waals surface area contributed by atoms with Gasteiger partial charge in [0.2, 0.25) is 0 Å². The molecular weight excluding hydrogens is 362 g/mol. The summed E-state index contributed by atoms with van der Waals surface area (Å²) in [6.07, 6.45) is 0. The molecule has 1 heterocycles. The number of hydrogen-bond acceptors (Lipinski definition) is 4. The van der Waals surface area contributed by atoms with E-state index in [9.17, 15) is 17.2 Å². The number of nitrogens with one attached hydrogen (secondary N) is 2. The van der Waals surface area contributed by atoms with Crippen LogP contribution in [0.15, 0.2) is 47.4 Å². The quantitative estimate of drug-likeness (QED) is 0.709. The van der Waals surface area contributed by atoms with Crippen LogP contribution in [-0.4, -0.2) is 23.6 Å². The Bertz CT molecular complexity index is 1030. The molecule has 9 heteroatoms. The summed E-state index contributed by atoms with van der Waals surface area (Å²) in [4.78, 5) is 3.84. The molecule has 0 spiro atoms. The first-order chi connectivity index (χ1) is 12.3. The lowest BCUT2D eigenvalue weighted by Gasteiger charge is -2.11. The summed E-state index contributed by atoms with van der Waals surface area (Å²) in [5, 5.41) is 6.91. The number of para-hydroxylation sites is 1. The van der Waals surface area contributed by atoms with Gasteiger partial charge < -0.3 is 0 Å². The molecule has 0 fully saturated rings. The number of anilines is 1. The highest BCUT2D eigenvalue weighted by Crippen LogP contribution is 2.28. The molecule has 2 aromatic carbocycles. The van der Waals surface area contributed by atoms with E-state index in [-0.39, 0.29) is 11.6 Å². The molecule has 0 unspecified atom stereocenters. The fourth-order valence-corrected chi connectivity index (χ4v) is 3.43. The first kappa shape index (κ1) is 18.0. The Morgan fingerprint density at radius 1 is 1.08 bits per heavy atom. The molecule has 136 valence electrons. The Hall–Kier alpha value is -2.81. The van der Waals surface area contributed by atoms with Crippen molar-refractivity contribution in [3.05, 3.63) is 59.9 Å². The van der Waals surface area contributed by atoms with Crippen LogP contribution in [0.3, 0.4) is 0 Å². The van der Waals surface area contributed by atoms with Crippen LogP contribution in [-0.2, 0) is 10.0 Å². The van der Waals surface area contributed by atoms with Gasteiger partial charge in [-0.05, 0) is 24.3 Å². The molecule has 1 aromatic heterocycles. The maximum atomic E-state index is 13.4. The molecule has 0 saturated heterocycles. The van der Waals surface area contributed by atoms with Gasteiger partial charge in [-0.1, -0.05) is 26.0 Å². The topological polar surface area (TPSA) is 87.7 Å². The van der Waals surface area contributed by atoms with Crippen molar-refractivity contribution >= 4 is 15.7 Å². The molecule has 3 aromatic rings. The molecule has 0 aliphatic rings. The van der Waals surface area contributed by atoms with Crippen LogP contribution >= 0.6 is 0 Å². The molecule has 0 atom stereocenters. The highest BCUT2D eigenvalue weighted by atomic mass is 32.2. The fraction of sp³-hybridized carbons (Fsp3) is 0.176. The average Bonchev–Trinajstić information content (AvgIpc) is 3.04. The third-order valence-corrected chi connectivity index (χ3v) is 4.95. The van der Waals surface area contributed by atoms with Crippen LogP contribution in [0.25, 0.3) is 11.4 Å². The Labute approximate surface area is 149 Å². The Kier molecular flexibility index (Phi) is 4.73. The zero-order valence-corrected chi connectivity index (χ0v) is 14.8. The second-order valence-corrected chi connectivity index (χ2v) is 7.64. The molecule has 26 heavy (non-hydrogen) atoms. The monoisotopic (exact) mass is 378 g/mol. The smallest absolute Gasteiger partial charge is 0.262 e. The largest absolute Gasteiger partial charge is 0.279 e. The van der Waals surface area contributed by atoms with Gasteiger partial charge in [-0.25, -0.2) is 22.2 Å². The molecule has 0 saturated carbocycles. The molecule has 0 aliphatic heterocycles. The molecule has 3 rings (SSSR count). The molecule has 0 radical (unpaired) electrons. The van der Waals surface area contributed by atoms with E-state index in [4.69, 9.17) is 0 Å². The fourth-order valence-electron chi connectivity index (χ4n) is 2.31. The Balaban J connectivity index is 2.00. The second kappa shape index (κ2) is 6.83. The van der Waals surface area contributed by atoms with E-state index in [1.807, 2.05) is 13.8 Å². The van der Waals surface area contributed by atoms with Gasteiger partial charge in [0, 0.05) is 17.5 Å². The van der Waals surface area contributed by atoms with Crippen LogP contribution < -0.4 is 4.72 Å². The summed E-state index contributed by atoms with van der Waals surface area (Å²) in [7, 11) is -4.19. The number of halogens is 2. The minimum absolute atomic E-state index is 0.121. The van der Waals surface area contributed by atoms with Gasteiger partial charge in [0.05, 0.1) is 10.6 Å². The van der Waals surface area contributed by atoms with E-state index < -0.39 is 26.6 Å². The lowest BCUT2D eigenvalue weighted by Crippen LogP contribution is -2.14. The minimum atomic E-state index is -4.19. The number of benzene rings is 2. The van der Waals surface area contributed by atoms with E-state index in [1.165, 1.54) is 6.07 Å². The lowest BCUT2D eigenvalue weighted by atomic mass is 10.1. The molecule has 0 aliphatic carbocycles. The third kappa shape index (κ3) is 3.72. The summed E-state index contributed by atoms with van der Waals surface area (Å²) in [5.74, 6) is -0.860. The first-order valence-electron chi connectivity index (χ1n) is 7.77. The highest BCUT2D eigenvalue weighted by Gasteiger charge is 2.20. The van der Waals surface area contributed by atoms with Crippen molar-refractivity contribution < 1.29 is 17.2 Å². The Morgan fingerprint density at radius 3 is 2.35 bits per heavy atom. The average molecular weight is 378 g/mol. The van der Waals surface area contributed by atoms with Crippen molar-refractivity contribution in [3.63, 3.8) is 0 Å². The number of hydrogen-bond donors (Lipinski definition) is 2. The van der Waals surface area contributed by atoms with Crippen LogP contribution in [0.5, 0.6) is 0 Å². The first-order valence-corrected chi connectivity index (χ1v) is 9.25. The van der Waals surface area contributed by atoms with Crippen molar-refractivity contribution in [1.82, 2.24) is 15.2 Å². The number of aromatic amines is 1. The molecule has 6 nitrogen and oxygen atoms in total. The Morgan fingerprint density at radius 2 is 1.73 bits per heavy atom. The van der Waals surface area contributed by atoms with Crippen LogP contribution in [0.4, 0.5) is 14.5 Å². The maximum Gasteiger partial charge on any atom is 0.262 e. The number of sulfonamides is 1. The van der Waals surface area contributed by atoms with Crippen molar-refractivity contribution in [3.8, 4) is 11.4 Å². The van der Waals surface area contributed by atoms with Crippen LogP contribution in [0.2, 0.25) is 0 Å². The van der Waals surface area contributed by atoms with E-state index in [0.29, 0.717) is 23.3 Å². The van der Waals surface area contributed by atoms with Gasteiger partial charge in [-0.2, -0.15) is 5.10 Å². The second-order valence-electron chi connectivity index (χ2n) is 5.96. The summed E-state index contributed by atoms with van der Waals surface area (Å²) in [6.45, 7) is 3.88. The summed E-state index contributed by atoms with van der Waals surface area (Å²) in [6, 6.07) is 8.61. The van der Waals surface area contributed by atoms with Crippen molar-refractivity contribution in [1.29, 1.82) is 0 Å². The minimum Gasteiger partial charge on any atom is -0.279 e. The zero-order chi connectivity index (χ0) is 18.9. The SMILES string of the molecule is CC(C)c1nc(-c2ccccc2NS(=O)(=O)c2cc(F)cc(F)c2)n[nH]1. The van der Waals surface area contributed by atoms with Gasteiger partial charge in [0.25, 0.3) is 10.0 Å². The lowest BCUT2D eigenvalue weighted by molar-refractivity contribution is 0.568. The standard InChI is InChI=1S/C17H16F2N4O2S/c1-10(2)16-20-17(22-21-16)14-5-3-4-6-15(14)23-26(24,25)13-8-11(18)7-12(19)9-13/h3-10,23H,1-2H3,(H,20,21,22).